The van der Waals surface area contributed by atoms with Gasteiger partial charge in [0.05, 0.1) is 19.2 Å². The number of ether oxygens (including phenoxy) is 1. The number of fused-ring (bicyclic) bond motifs is 1. The number of methoxy groups -OCH3 is 1. The largest absolute Gasteiger partial charge is 0.496 e. The molecule has 2 heterocycles. The van der Waals surface area contributed by atoms with Crippen LogP contribution in [0.25, 0.3) is 11.1 Å². The van der Waals surface area contributed by atoms with E-state index >= 15 is 0 Å². The lowest BCUT2D eigenvalue weighted by Gasteiger charge is -2.26. The van der Waals surface area contributed by atoms with E-state index < -0.39 is 5.66 Å². The van der Waals surface area contributed by atoms with Gasteiger partial charge in [0, 0.05) is 23.9 Å². The lowest BCUT2D eigenvalue weighted by Crippen LogP contribution is -2.23. The first-order valence-corrected chi connectivity index (χ1v) is 11.3. The van der Waals surface area contributed by atoms with Crippen molar-refractivity contribution in [2.75, 3.05) is 19.1 Å². The van der Waals surface area contributed by atoms with Crippen molar-refractivity contribution in [2.24, 2.45) is 15.7 Å². The van der Waals surface area contributed by atoms with Gasteiger partial charge < -0.3 is 15.4 Å². The maximum Gasteiger partial charge on any atom is 0.231 e. The van der Waals surface area contributed by atoms with Crippen LogP contribution in [0.4, 0.5) is 5.69 Å². The molecule has 0 saturated heterocycles. The monoisotopic (exact) mass is 452 g/mol. The van der Waals surface area contributed by atoms with E-state index in [-0.39, 0.29) is 5.91 Å². The van der Waals surface area contributed by atoms with Gasteiger partial charge >= 0.3 is 0 Å². The van der Waals surface area contributed by atoms with Crippen LogP contribution in [0, 0.1) is 13.8 Å². The van der Waals surface area contributed by atoms with Crippen LogP contribution >= 0.6 is 0 Å². The van der Waals surface area contributed by atoms with Gasteiger partial charge in [-0.3, -0.25) is 4.79 Å². The molecular weight excluding hydrogens is 424 g/mol. The maximum absolute atomic E-state index is 12.1. The molecule has 3 aromatic rings. The Morgan fingerprint density at radius 3 is 2.29 bits per heavy atom. The number of rotatable bonds is 4. The van der Waals surface area contributed by atoms with Gasteiger partial charge in [-0.1, -0.05) is 30.3 Å². The Morgan fingerprint density at radius 1 is 0.941 bits per heavy atom. The average molecular weight is 453 g/mol. The Kier molecular flexibility index (Phi) is 5.04. The highest BCUT2D eigenvalue weighted by Crippen LogP contribution is 2.42. The first-order valence-electron chi connectivity index (χ1n) is 11.3. The fourth-order valence-corrected chi connectivity index (χ4v) is 5.02. The van der Waals surface area contributed by atoms with Crippen LogP contribution in [0.3, 0.4) is 0 Å². The molecule has 2 N–H and O–H groups in total. The minimum Gasteiger partial charge on any atom is -0.496 e. The van der Waals surface area contributed by atoms with Crippen molar-refractivity contribution < 1.29 is 9.53 Å². The SMILES string of the molecule is COc1c(C)cc(C2(c3cccc(-c4ccc5c(c4)N(C)C(=O)C5)c3)N=C(C)C(N)=N2)cc1C. The standard InChI is InChI=1S/C28H28N4O2/c1-16-11-23(12-17(2)26(16)34-5)28(30-18(3)27(29)31-28)22-8-6-7-19(13-22)20-9-10-21-15-25(33)32(4)24(21)14-20/h6-14H,15H2,1-5H3,(H2,29,31). The summed E-state index contributed by atoms with van der Waals surface area (Å²) in [6.45, 7) is 5.95. The highest BCUT2D eigenvalue weighted by molar-refractivity contribution is 6.41. The normalized spacial score (nSPS) is 19.2. The van der Waals surface area contributed by atoms with Crippen molar-refractivity contribution >= 4 is 23.1 Å². The third-order valence-corrected chi connectivity index (χ3v) is 6.81. The number of hydrogen-bond acceptors (Lipinski definition) is 5. The number of carbonyl (C=O) groups is 1. The summed E-state index contributed by atoms with van der Waals surface area (Å²) in [4.78, 5) is 23.7. The summed E-state index contributed by atoms with van der Waals surface area (Å²) >= 11 is 0. The van der Waals surface area contributed by atoms with E-state index in [4.69, 9.17) is 20.5 Å². The van der Waals surface area contributed by atoms with Gasteiger partial charge in [-0.05, 0) is 72.9 Å². The molecule has 34 heavy (non-hydrogen) atoms. The van der Waals surface area contributed by atoms with Crippen molar-refractivity contribution in [3.05, 3.63) is 82.4 Å². The van der Waals surface area contributed by atoms with Gasteiger partial charge in [0.25, 0.3) is 0 Å². The second-order valence-corrected chi connectivity index (χ2v) is 9.06. The molecule has 0 aromatic heterocycles. The number of aliphatic imine (C=N–C) groups is 2. The molecule has 0 radical (unpaired) electrons. The van der Waals surface area contributed by atoms with Gasteiger partial charge in [0.15, 0.2) is 0 Å². The smallest absolute Gasteiger partial charge is 0.231 e. The minimum absolute atomic E-state index is 0.116. The van der Waals surface area contributed by atoms with Gasteiger partial charge in [0.2, 0.25) is 11.6 Å². The molecule has 2 aliphatic heterocycles. The molecule has 6 nitrogen and oxygen atoms in total. The number of likely N-dealkylation sites (N-methyl/N-ethyl adjacent to an activating group) is 1. The average Bonchev–Trinajstić information content (AvgIpc) is 3.29. The molecule has 6 heteroatoms. The number of amidine groups is 1. The Hall–Kier alpha value is -3.93. The molecule has 172 valence electrons. The van der Waals surface area contributed by atoms with Crippen LogP contribution in [0.15, 0.2) is 64.6 Å². The second-order valence-electron chi connectivity index (χ2n) is 9.06. The zero-order valence-electron chi connectivity index (χ0n) is 20.1. The third-order valence-electron chi connectivity index (χ3n) is 6.81. The van der Waals surface area contributed by atoms with Crippen LogP contribution in [-0.4, -0.2) is 31.6 Å². The number of aryl methyl sites for hydroxylation is 2. The third kappa shape index (κ3) is 3.29. The fourth-order valence-electron chi connectivity index (χ4n) is 5.02. The predicted molar refractivity (Wildman–Crippen MR) is 137 cm³/mol. The van der Waals surface area contributed by atoms with Gasteiger partial charge in [-0.2, -0.15) is 0 Å². The summed E-state index contributed by atoms with van der Waals surface area (Å²) in [6.07, 6.45) is 0.452. The van der Waals surface area contributed by atoms with Crippen molar-refractivity contribution in [3.8, 4) is 16.9 Å². The summed E-state index contributed by atoms with van der Waals surface area (Å²) in [5.41, 5.74) is 14.0. The number of nitrogens with zero attached hydrogens (tertiary/aromatic N) is 3. The molecule has 0 spiro atoms. The maximum atomic E-state index is 12.1. The summed E-state index contributed by atoms with van der Waals surface area (Å²) in [5.74, 6) is 1.42. The molecule has 1 atom stereocenters. The molecule has 0 fully saturated rings. The van der Waals surface area contributed by atoms with Gasteiger partial charge in [0.1, 0.15) is 11.6 Å². The Labute approximate surface area is 199 Å². The van der Waals surface area contributed by atoms with Gasteiger partial charge in [-0.15, -0.1) is 0 Å². The summed E-state index contributed by atoms with van der Waals surface area (Å²) in [6, 6.07) is 18.6. The van der Waals surface area contributed by atoms with E-state index in [1.165, 1.54) is 0 Å². The molecule has 0 saturated carbocycles. The highest BCUT2D eigenvalue weighted by atomic mass is 16.5. The molecule has 2 aliphatic rings. The van der Waals surface area contributed by atoms with Crippen LogP contribution in [-0.2, 0) is 16.9 Å². The fraction of sp³-hybridized carbons (Fsp3) is 0.250. The first-order chi connectivity index (χ1) is 16.2. The Morgan fingerprint density at radius 2 is 1.65 bits per heavy atom. The molecule has 5 rings (SSSR count). The number of amides is 1. The summed E-state index contributed by atoms with van der Waals surface area (Å²) < 4.78 is 5.58. The van der Waals surface area contributed by atoms with Crippen LogP contribution < -0.4 is 15.4 Å². The number of hydrogen-bond donors (Lipinski definition) is 1. The number of benzene rings is 3. The zero-order valence-corrected chi connectivity index (χ0v) is 20.1. The van der Waals surface area contributed by atoms with E-state index in [0.29, 0.717) is 18.0 Å². The number of nitrogens with two attached hydrogens (primary N) is 1. The topological polar surface area (TPSA) is 80.3 Å². The minimum atomic E-state index is -0.963. The molecule has 0 bridgehead atoms. The Balaban J connectivity index is 1.67. The number of anilines is 1. The van der Waals surface area contributed by atoms with Gasteiger partial charge in [-0.25, -0.2) is 9.98 Å². The quantitative estimate of drug-likeness (QED) is 0.632. The van der Waals surface area contributed by atoms with E-state index in [2.05, 4.69) is 36.4 Å². The second kappa shape index (κ2) is 7.83. The predicted octanol–water partition coefficient (Wildman–Crippen LogP) is 4.53. The van der Waals surface area contributed by atoms with Crippen molar-refractivity contribution in [2.45, 2.75) is 32.9 Å². The molecule has 0 aliphatic carbocycles. The lowest BCUT2D eigenvalue weighted by atomic mass is 9.88. The van der Waals surface area contributed by atoms with Crippen LogP contribution in [0.1, 0.15) is 34.7 Å². The highest BCUT2D eigenvalue weighted by Gasteiger charge is 2.39. The molecule has 3 aromatic carbocycles. The van der Waals surface area contributed by atoms with E-state index in [0.717, 1.165) is 50.4 Å². The van der Waals surface area contributed by atoms with E-state index in [9.17, 15) is 4.79 Å². The number of carbonyl (C=O) groups excluding carboxylic acids is 1. The molecule has 1 unspecified atom stereocenters. The molecular formula is C28H28N4O2. The van der Waals surface area contributed by atoms with Crippen LogP contribution in [0.2, 0.25) is 0 Å². The van der Waals surface area contributed by atoms with E-state index in [1.807, 2.05) is 46.0 Å². The first kappa shape index (κ1) is 21.9. The molecule has 1 amide bonds. The van der Waals surface area contributed by atoms with Crippen molar-refractivity contribution in [3.63, 3.8) is 0 Å². The zero-order chi connectivity index (χ0) is 24.2. The lowest BCUT2D eigenvalue weighted by molar-refractivity contribution is -0.117. The summed E-state index contributed by atoms with van der Waals surface area (Å²) in [7, 11) is 3.51. The summed E-state index contributed by atoms with van der Waals surface area (Å²) in [5, 5.41) is 0. The van der Waals surface area contributed by atoms with Crippen molar-refractivity contribution in [1.29, 1.82) is 0 Å². The Bertz CT molecular complexity index is 1360. The van der Waals surface area contributed by atoms with Crippen molar-refractivity contribution in [1.82, 2.24) is 0 Å². The van der Waals surface area contributed by atoms with E-state index in [1.54, 1.807) is 12.0 Å². The van der Waals surface area contributed by atoms with Crippen LogP contribution in [0.5, 0.6) is 5.75 Å².